The number of ketones is 1. The summed E-state index contributed by atoms with van der Waals surface area (Å²) >= 11 is 12.1. The molecule has 0 aliphatic heterocycles. The Labute approximate surface area is 148 Å². The van der Waals surface area contributed by atoms with E-state index in [1.165, 1.54) is 23.9 Å². The molecule has 0 unspecified atom stereocenters. The highest BCUT2D eigenvalue weighted by Gasteiger charge is 2.34. The Morgan fingerprint density at radius 3 is 2.46 bits per heavy atom. The van der Waals surface area contributed by atoms with Crippen LogP contribution in [0.25, 0.3) is 0 Å². The molecule has 0 amide bonds. The molecule has 0 saturated heterocycles. The zero-order valence-corrected chi connectivity index (χ0v) is 15.2. The van der Waals surface area contributed by atoms with Crippen molar-refractivity contribution in [1.29, 1.82) is 0 Å². The molecule has 1 aromatic carbocycles. The number of nitrogens with one attached hydrogen (secondary N) is 1. The van der Waals surface area contributed by atoms with Gasteiger partial charge in [0.15, 0.2) is 9.84 Å². The monoisotopic (exact) mass is 388 g/mol. The van der Waals surface area contributed by atoms with Crippen LogP contribution in [0.5, 0.6) is 0 Å². The molecule has 128 valence electrons. The number of H-pyrrole nitrogens is 1. The van der Waals surface area contributed by atoms with Gasteiger partial charge in [-0.3, -0.25) is 19.4 Å². The van der Waals surface area contributed by atoms with Gasteiger partial charge in [0.25, 0.3) is 5.56 Å². The predicted molar refractivity (Wildman–Crippen MR) is 91.0 cm³/mol. The highest BCUT2D eigenvalue weighted by Crippen LogP contribution is 2.41. The number of aromatic amines is 1. The smallest absolute Gasteiger partial charge is 0.277 e. The average Bonchev–Trinajstić information content (AvgIpc) is 3.25. The van der Waals surface area contributed by atoms with Crippen molar-refractivity contribution in [3.8, 4) is 0 Å². The summed E-state index contributed by atoms with van der Waals surface area (Å²) in [5.74, 6) is -0.469. The summed E-state index contributed by atoms with van der Waals surface area (Å²) in [4.78, 5) is 24.9. The first-order chi connectivity index (χ1) is 11.1. The van der Waals surface area contributed by atoms with Crippen molar-refractivity contribution < 1.29 is 13.2 Å². The summed E-state index contributed by atoms with van der Waals surface area (Å²) in [6, 6.07) is 2.63. The van der Waals surface area contributed by atoms with Gasteiger partial charge in [0.1, 0.15) is 10.5 Å². The maximum absolute atomic E-state index is 12.9. The quantitative estimate of drug-likeness (QED) is 0.814. The zero-order valence-electron chi connectivity index (χ0n) is 12.9. The van der Waals surface area contributed by atoms with Crippen molar-refractivity contribution in [2.24, 2.45) is 7.05 Å². The maximum atomic E-state index is 12.9. The number of sulfone groups is 1. The molecule has 0 bridgehead atoms. The molecule has 0 radical (unpaired) electrons. The van der Waals surface area contributed by atoms with E-state index in [2.05, 4.69) is 5.10 Å². The Bertz CT molecular complexity index is 1020. The van der Waals surface area contributed by atoms with Gasteiger partial charge in [-0.25, -0.2) is 8.42 Å². The second kappa shape index (κ2) is 5.75. The summed E-state index contributed by atoms with van der Waals surface area (Å²) in [7, 11) is -2.20. The summed E-state index contributed by atoms with van der Waals surface area (Å²) in [6.07, 6.45) is 2.74. The number of hydrogen-bond donors (Lipinski definition) is 1. The molecule has 1 aliphatic rings. The normalized spacial score (nSPS) is 14.8. The lowest BCUT2D eigenvalue weighted by Gasteiger charge is -2.09. The fourth-order valence-electron chi connectivity index (χ4n) is 2.64. The number of nitrogens with zero attached hydrogens (tertiary/aromatic N) is 1. The topological polar surface area (TPSA) is 89.0 Å². The summed E-state index contributed by atoms with van der Waals surface area (Å²) < 4.78 is 25.0. The first kappa shape index (κ1) is 17.3. The number of carbonyl (C=O) groups excluding carboxylic acids is 1. The first-order valence-electron chi connectivity index (χ1n) is 7.14. The van der Waals surface area contributed by atoms with Gasteiger partial charge in [-0.2, -0.15) is 0 Å². The van der Waals surface area contributed by atoms with E-state index in [1.54, 1.807) is 0 Å². The van der Waals surface area contributed by atoms with E-state index in [-0.39, 0.29) is 32.0 Å². The van der Waals surface area contributed by atoms with Gasteiger partial charge in [-0.05, 0) is 25.0 Å². The van der Waals surface area contributed by atoms with Gasteiger partial charge >= 0.3 is 0 Å². The maximum Gasteiger partial charge on any atom is 0.277 e. The van der Waals surface area contributed by atoms with E-state index in [0.717, 1.165) is 19.1 Å². The van der Waals surface area contributed by atoms with Gasteiger partial charge in [0.2, 0.25) is 5.78 Å². The number of aromatic nitrogens is 2. The van der Waals surface area contributed by atoms with Crippen LogP contribution >= 0.6 is 23.2 Å². The Kier molecular flexibility index (Phi) is 4.14. The number of rotatable bonds is 4. The minimum Gasteiger partial charge on any atom is -0.299 e. The van der Waals surface area contributed by atoms with Crippen molar-refractivity contribution in [3.63, 3.8) is 0 Å². The Hall–Kier alpha value is -1.57. The standard InChI is InChI=1S/C15H14Cl2N2O4S/c1-19-15(21)10(12(18-19)7-3-4-7)13(20)8-5-6-9(16)14(11(8)17)24(2,22)23/h5-7,18H,3-4H2,1-2H3. The van der Waals surface area contributed by atoms with Crippen LogP contribution in [-0.2, 0) is 16.9 Å². The first-order valence-corrected chi connectivity index (χ1v) is 9.79. The van der Waals surface area contributed by atoms with Gasteiger partial charge in [-0.15, -0.1) is 0 Å². The average molecular weight is 389 g/mol. The molecule has 1 aliphatic carbocycles. The number of hydrogen-bond acceptors (Lipinski definition) is 4. The Morgan fingerprint density at radius 2 is 1.92 bits per heavy atom. The molecule has 1 heterocycles. The van der Waals surface area contributed by atoms with E-state index in [0.29, 0.717) is 5.69 Å². The third kappa shape index (κ3) is 2.81. The Balaban J connectivity index is 2.22. The van der Waals surface area contributed by atoms with Crippen LogP contribution in [0.2, 0.25) is 10.0 Å². The van der Waals surface area contributed by atoms with Gasteiger partial charge in [0, 0.05) is 24.8 Å². The molecule has 0 atom stereocenters. The predicted octanol–water partition coefficient (Wildman–Crippen LogP) is 2.53. The SMILES string of the molecule is Cn1[nH]c(C2CC2)c(C(=O)c2ccc(Cl)c(S(C)(=O)=O)c2Cl)c1=O. The molecule has 3 rings (SSSR count). The van der Waals surface area contributed by atoms with Crippen LogP contribution in [0, 0.1) is 0 Å². The van der Waals surface area contributed by atoms with Crippen LogP contribution in [0.4, 0.5) is 0 Å². The molecular formula is C15H14Cl2N2O4S. The zero-order chi connectivity index (χ0) is 17.8. The molecule has 1 saturated carbocycles. The fourth-order valence-corrected chi connectivity index (χ4v) is 4.79. The number of aryl methyl sites for hydroxylation is 1. The van der Waals surface area contributed by atoms with Crippen molar-refractivity contribution in [1.82, 2.24) is 9.78 Å². The van der Waals surface area contributed by atoms with E-state index in [4.69, 9.17) is 23.2 Å². The van der Waals surface area contributed by atoms with E-state index in [1.807, 2.05) is 0 Å². The lowest BCUT2D eigenvalue weighted by molar-refractivity contribution is 0.103. The summed E-state index contributed by atoms with van der Waals surface area (Å²) in [6.45, 7) is 0. The third-order valence-corrected chi connectivity index (χ3v) is 6.05. The van der Waals surface area contributed by atoms with E-state index >= 15 is 0 Å². The number of benzene rings is 1. The van der Waals surface area contributed by atoms with Gasteiger partial charge < -0.3 is 0 Å². The second-order valence-corrected chi connectivity index (χ2v) is 8.62. The lowest BCUT2D eigenvalue weighted by Crippen LogP contribution is -2.20. The summed E-state index contributed by atoms with van der Waals surface area (Å²) in [5.41, 5.74) is 0.0528. The number of halogens is 2. The van der Waals surface area contributed by atoms with Crippen molar-refractivity contribution in [2.75, 3.05) is 6.26 Å². The molecule has 1 fully saturated rings. The highest BCUT2D eigenvalue weighted by atomic mass is 35.5. The second-order valence-electron chi connectivity index (χ2n) is 5.88. The van der Waals surface area contributed by atoms with Crippen LogP contribution < -0.4 is 5.56 Å². The van der Waals surface area contributed by atoms with Crippen molar-refractivity contribution in [3.05, 3.63) is 49.4 Å². The van der Waals surface area contributed by atoms with E-state index in [9.17, 15) is 18.0 Å². The molecule has 24 heavy (non-hydrogen) atoms. The lowest BCUT2D eigenvalue weighted by atomic mass is 10.0. The largest absolute Gasteiger partial charge is 0.299 e. The van der Waals surface area contributed by atoms with Gasteiger partial charge in [-0.1, -0.05) is 23.2 Å². The molecule has 1 aromatic heterocycles. The van der Waals surface area contributed by atoms with Crippen LogP contribution in [-0.4, -0.2) is 30.2 Å². The van der Waals surface area contributed by atoms with Crippen LogP contribution in [0.15, 0.2) is 21.8 Å². The molecule has 6 nitrogen and oxygen atoms in total. The van der Waals surface area contributed by atoms with Crippen molar-refractivity contribution in [2.45, 2.75) is 23.7 Å². The third-order valence-electron chi connectivity index (χ3n) is 3.95. The molecule has 9 heteroatoms. The minimum absolute atomic E-state index is 0.00340. The highest BCUT2D eigenvalue weighted by molar-refractivity contribution is 7.91. The molecule has 1 N–H and O–H groups in total. The number of carbonyl (C=O) groups is 1. The van der Waals surface area contributed by atoms with Gasteiger partial charge in [0.05, 0.1) is 15.7 Å². The molecule has 0 spiro atoms. The van der Waals surface area contributed by atoms with Crippen LogP contribution in [0.3, 0.4) is 0 Å². The van der Waals surface area contributed by atoms with Crippen molar-refractivity contribution >= 4 is 38.8 Å². The minimum atomic E-state index is -3.73. The Morgan fingerprint density at radius 1 is 1.29 bits per heavy atom. The van der Waals surface area contributed by atoms with E-state index < -0.39 is 21.2 Å². The fraction of sp³-hybridized carbons (Fsp3) is 0.333. The summed E-state index contributed by atoms with van der Waals surface area (Å²) in [5, 5.41) is 2.57. The van der Waals surface area contributed by atoms with Crippen LogP contribution in [0.1, 0.15) is 40.4 Å². The molecular weight excluding hydrogens is 375 g/mol. The molecule has 2 aromatic rings.